The highest BCUT2D eigenvalue weighted by Crippen LogP contribution is 2.35. The van der Waals surface area contributed by atoms with Crippen LogP contribution in [0.5, 0.6) is 0 Å². The molecule has 1 heterocycles. The van der Waals surface area contributed by atoms with Crippen LogP contribution in [0.1, 0.15) is 28.4 Å². The molecule has 0 saturated carbocycles. The molecule has 0 spiro atoms. The predicted molar refractivity (Wildman–Crippen MR) is 100 cm³/mol. The van der Waals surface area contributed by atoms with E-state index in [4.69, 9.17) is 4.84 Å². The van der Waals surface area contributed by atoms with E-state index < -0.39 is 10.0 Å². The Kier molecular flexibility index (Phi) is 5.67. The van der Waals surface area contributed by atoms with Crippen LogP contribution in [0.2, 0.25) is 0 Å². The summed E-state index contributed by atoms with van der Waals surface area (Å²) in [5.41, 5.74) is 1.54. The lowest BCUT2D eigenvalue weighted by Crippen LogP contribution is -2.30. The maximum atomic E-state index is 12.6. The number of carbonyl (C=O) groups is 1. The van der Waals surface area contributed by atoms with Crippen molar-refractivity contribution in [1.29, 1.82) is 0 Å². The van der Waals surface area contributed by atoms with Gasteiger partial charge in [0.1, 0.15) is 0 Å². The van der Waals surface area contributed by atoms with Gasteiger partial charge in [-0.15, -0.1) is 11.8 Å². The zero-order chi connectivity index (χ0) is 18.7. The van der Waals surface area contributed by atoms with Crippen LogP contribution in [-0.2, 0) is 14.9 Å². The van der Waals surface area contributed by atoms with Crippen molar-refractivity contribution in [2.24, 2.45) is 0 Å². The molecule has 1 atom stereocenters. The van der Waals surface area contributed by atoms with Crippen molar-refractivity contribution in [3.63, 3.8) is 0 Å². The summed E-state index contributed by atoms with van der Waals surface area (Å²) in [4.78, 5) is 18.6. The Hall–Kier alpha value is -1.87. The van der Waals surface area contributed by atoms with Crippen LogP contribution in [0.15, 0.2) is 58.3 Å². The maximum Gasteiger partial charge on any atom is 0.264 e. The van der Waals surface area contributed by atoms with Gasteiger partial charge < -0.3 is 5.32 Å². The van der Waals surface area contributed by atoms with E-state index >= 15 is 0 Å². The van der Waals surface area contributed by atoms with Gasteiger partial charge in [-0.3, -0.25) is 9.63 Å². The minimum atomic E-state index is -3.72. The van der Waals surface area contributed by atoms with Crippen molar-refractivity contribution in [2.75, 3.05) is 19.9 Å². The SMILES string of the molecule is CON(C)S(=O)(=O)c1ccc(C(=O)N[C@H]2CCSc3ccccc32)cc1. The van der Waals surface area contributed by atoms with Crippen molar-refractivity contribution in [2.45, 2.75) is 22.3 Å². The number of rotatable bonds is 5. The normalized spacial score (nSPS) is 17.0. The summed E-state index contributed by atoms with van der Waals surface area (Å²) >= 11 is 1.79. The number of sulfonamides is 1. The number of carbonyl (C=O) groups excluding carboxylic acids is 1. The highest BCUT2D eigenvalue weighted by Gasteiger charge is 2.24. The third kappa shape index (κ3) is 3.78. The number of hydrogen-bond donors (Lipinski definition) is 1. The lowest BCUT2D eigenvalue weighted by molar-refractivity contribution is -0.0258. The third-order valence-corrected chi connectivity index (χ3v) is 7.09. The van der Waals surface area contributed by atoms with Gasteiger partial charge in [0, 0.05) is 23.3 Å². The summed E-state index contributed by atoms with van der Waals surface area (Å²) in [5.74, 6) is 0.725. The van der Waals surface area contributed by atoms with E-state index in [0.717, 1.165) is 22.2 Å². The molecule has 0 radical (unpaired) electrons. The van der Waals surface area contributed by atoms with Crippen LogP contribution in [0, 0.1) is 0 Å². The van der Waals surface area contributed by atoms with Crippen LogP contribution in [0.3, 0.4) is 0 Å². The number of thioether (sulfide) groups is 1. The Morgan fingerprint density at radius 2 is 1.88 bits per heavy atom. The molecule has 0 bridgehead atoms. The molecule has 1 N–H and O–H groups in total. The maximum absolute atomic E-state index is 12.6. The molecule has 6 nitrogen and oxygen atoms in total. The second-order valence-electron chi connectivity index (χ2n) is 5.82. The fourth-order valence-electron chi connectivity index (χ4n) is 2.76. The first-order valence-electron chi connectivity index (χ1n) is 8.09. The molecule has 0 fully saturated rings. The number of nitrogens with one attached hydrogen (secondary N) is 1. The quantitative estimate of drug-likeness (QED) is 0.792. The smallest absolute Gasteiger partial charge is 0.264 e. The van der Waals surface area contributed by atoms with Crippen LogP contribution in [0.4, 0.5) is 0 Å². The summed E-state index contributed by atoms with van der Waals surface area (Å²) in [6, 6.07) is 13.8. The van der Waals surface area contributed by atoms with Crippen LogP contribution >= 0.6 is 11.8 Å². The summed E-state index contributed by atoms with van der Waals surface area (Å²) in [6.07, 6.45) is 0.860. The largest absolute Gasteiger partial charge is 0.345 e. The second kappa shape index (κ2) is 7.79. The molecule has 2 aromatic carbocycles. The topological polar surface area (TPSA) is 75.7 Å². The van der Waals surface area contributed by atoms with Gasteiger partial charge in [0.25, 0.3) is 15.9 Å². The molecule has 2 aromatic rings. The molecule has 0 aliphatic carbocycles. The molecule has 0 saturated heterocycles. The second-order valence-corrected chi connectivity index (χ2v) is 8.90. The van der Waals surface area contributed by atoms with Crippen molar-refractivity contribution < 1.29 is 18.0 Å². The Balaban J connectivity index is 1.76. The number of fused-ring (bicyclic) bond motifs is 1. The monoisotopic (exact) mass is 392 g/mol. The number of benzene rings is 2. The zero-order valence-corrected chi connectivity index (χ0v) is 16.1. The van der Waals surface area contributed by atoms with Crippen molar-refractivity contribution in [3.8, 4) is 0 Å². The molecule has 8 heteroatoms. The Morgan fingerprint density at radius 3 is 2.58 bits per heavy atom. The molecule has 26 heavy (non-hydrogen) atoms. The van der Waals surface area contributed by atoms with Crippen molar-refractivity contribution in [3.05, 3.63) is 59.7 Å². The van der Waals surface area contributed by atoms with E-state index in [9.17, 15) is 13.2 Å². The Bertz CT molecular complexity index is 898. The Labute approximate surface area is 157 Å². The van der Waals surface area contributed by atoms with Gasteiger partial charge in [-0.1, -0.05) is 22.7 Å². The molecule has 138 valence electrons. The minimum absolute atomic E-state index is 0.0389. The van der Waals surface area contributed by atoms with Crippen LogP contribution < -0.4 is 5.32 Å². The summed E-state index contributed by atoms with van der Waals surface area (Å²) in [6.45, 7) is 0. The standard InChI is InChI=1S/C18H20N2O4S2/c1-20(24-2)26(22,23)14-9-7-13(8-10-14)18(21)19-16-11-12-25-17-6-4-3-5-15(16)17/h3-10,16H,11-12H2,1-2H3,(H,19,21)/t16-/m0/s1. The average Bonchev–Trinajstić information content (AvgIpc) is 2.67. The number of nitrogens with zero attached hydrogens (tertiary/aromatic N) is 1. The molecule has 1 aliphatic heterocycles. The van der Waals surface area contributed by atoms with Gasteiger partial charge in [-0.05, 0) is 42.3 Å². The lowest BCUT2D eigenvalue weighted by atomic mass is 10.0. The summed E-state index contributed by atoms with van der Waals surface area (Å²) in [5, 5.41) is 3.05. The van der Waals surface area contributed by atoms with Crippen molar-refractivity contribution >= 4 is 27.7 Å². The first kappa shape index (κ1) is 18.9. The molecular formula is C18H20N2O4S2. The fourth-order valence-corrected chi connectivity index (χ4v) is 4.86. The van der Waals surface area contributed by atoms with E-state index in [2.05, 4.69) is 11.4 Å². The summed E-state index contributed by atoms with van der Waals surface area (Å²) < 4.78 is 25.2. The molecule has 1 aliphatic rings. The lowest BCUT2D eigenvalue weighted by Gasteiger charge is -2.26. The van der Waals surface area contributed by atoms with E-state index in [0.29, 0.717) is 5.56 Å². The molecule has 3 rings (SSSR count). The molecule has 0 unspecified atom stereocenters. The number of hydroxylamine groups is 1. The van der Waals surface area contributed by atoms with Gasteiger partial charge >= 0.3 is 0 Å². The van der Waals surface area contributed by atoms with E-state index in [1.807, 2.05) is 18.2 Å². The number of hydrogen-bond acceptors (Lipinski definition) is 5. The van der Waals surface area contributed by atoms with Gasteiger partial charge in [0.2, 0.25) is 0 Å². The Morgan fingerprint density at radius 1 is 1.19 bits per heavy atom. The first-order chi connectivity index (χ1) is 12.4. The average molecular weight is 393 g/mol. The third-order valence-electron chi connectivity index (χ3n) is 4.27. The van der Waals surface area contributed by atoms with E-state index in [-0.39, 0.29) is 16.8 Å². The fraction of sp³-hybridized carbons (Fsp3) is 0.278. The van der Waals surface area contributed by atoms with Gasteiger partial charge in [-0.25, -0.2) is 8.42 Å². The van der Waals surface area contributed by atoms with Gasteiger partial charge in [0.15, 0.2) is 0 Å². The van der Waals surface area contributed by atoms with Crippen LogP contribution in [0.25, 0.3) is 0 Å². The van der Waals surface area contributed by atoms with E-state index in [1.165, 1.54) is 43.3 Å². The highest BCUT2D eigenvalue weighted by atomic mass is 32.2. The predicted octanol–water partition coefficient (Wildman–Crippen LogP) is 2.84. The highest BCUT2D eigenvalue weighted by molar-refractivity contribution is 7.99. The van der Waals surface area contributed by atoms with Gasteiger partial charge in [0.05, 0.1) is 18.0 Å². The van der Waals surface area contributed by atoms with E-state index in [1.54, 1.807) is 11.8 Å². The zero-order valence-electron chi connectivity index (χ0n) is 14.5. The minimum Gasteiger partial charge on any atom is -0.345 e. The molecule has 1 amide bonds. The molecule has 0 aromatic heterocycles. The van der Waals surface area contributed by atoms with Gasteiger partial charge in [-0.2, -0.15) is 0 Å². The van der Waals surface area contributed by atoms with Crippen LogP contribution in [-0.4, -0.2) is 38.7 Å². The number of amides is 1. The van der Waals surface area contributed by atoms with Crippen molar-refractivity contribution in [1.82, 2.24) is 9.79 Å². The molecular weight excluding hydrogens is 372 g/mol. The summed E-state index contributed by atoms with van der Waals surface area (Å²) in [7, 11) is -1.13. The first-order valence-corrected chi connectivity index (χ1v) is 10.5.